The van der Waals surface area contributed by atoms with Gasteiger partial charge >= 0.3 is 18.0 Å². The van der Waals surface area contributed by atoms with Crippen LogP contribution in [0.15, 0.2) is 0 Å². The first-order chi connectivity index (χ1) is 9.82. The van der Waals surface area contributed by atoms with Gasteiger partial charge in [0.2, 0.25) is 0 Å². The zero-order valence-corrected chi connectivity index (χ0v) is 12.8. The van der Waals surface area contributed by atoms with Crippen molar-refractivity contribution in [3.63, 3.8) is 0 Å². The minimum Gasteiger partial charge on any atom is -0.481 e. The second-order valence-electron chi connectivity index (χ2n) is 5.62. The number of esters is 1. The third kappa shape index (κ3) is 4.34. The Morgan fingerprint density at radius 1 is 1.33 bits per heavy atom. The lowest BCUT2D eigenvalue weighted by atomic mass is 9.69. The summed E-state index contributed by atoms with van der Waals surface area (Å²) in [5, 5.41) is 11.9. The summed E-state index contributed by atoms with van der Waals surface area (Å²) >= 11 is 0. The van der Waals surface area contributed by atoms with Gasteiger partial charge in [-0.3, -0.25) is 9.59 Å². The van der Waals surface area contributed by atoms with Crippen molar-refractivity contribution in [1.29, 1.82) is 0 Å². The Morgan fingerprint density at radius 3 is 2.33 bits per heavy atom. The molecule has 0 aromatic carbocycles. The number of urea groups is 1. The summed E-state index contributed by atoms with van der Waals surface area (Å²) in [6.45, 7) is 5.48. The largest absolute Gasteiger partial charge is 0.481 e. The van der Waals surface area contributed by atoms with Gasteiger partial charge < -0.3 is 20.1 Å². The van der Waals surface area contributed by atoms with Crippen LogP contribution in [0.2, 0.25) is 0 Å². The summed E-state index contributed by atoms with van der Waals surface area (Å²) in [4.78, 5) is 36.2. The third-order valence-electron chi connectivity index (χ3n) is 3.83. The van der Waals surface area contributed by atoms with E-state index < -0.39 is 23.4 Å². The lowest BCUT2D eigenvalue weighted by Crippen LogP contribution is -2.52. The van der Waals surface area contributed by atoms with Gasteiger partial charge in [-0.05, 0) is 33.6 Å². The highest BCUT2D eigenvalue weighted by Gasteiger charge is 2.44. The maximum atomic E-state index is 12.1. The fourth-order valence-corrected chi connectivity index (χ4v) is 2.25. The molecule has 0 spiro atoms. The SMILES string of the molecule is CCOC(=O)CN(C(=O)NCC1(C(=O)O)CCC1)C(C)C. The first kappa shape index (κ1) is 17.3. The molecule has 2 N–H and O–H groups in total. The summed E-state index contributed by atoms with van der Waals surface area (Å²) < 4.78 is 4.83. The van der Waals surface area contributed by atoms with E-state index in [1.807, 2.05) is 0 Å². The molecule has 1 fully saturated rings. The molecule has 1 aliphatic carbocycles. The number of hydrogen-bond acceptors (Lipinski definition) is 4. The molecule has 0 heterocycles. The molecule has 0 aromatic rings. The predicted molar refractivity (Wildman–Crippen MR) is 75.8 cm³/mol. The van der Waals surface area contributed by atoms with Crippen LogP contribution in [0.1, 0.15) is 40.0 Å². The van der Waals surface area contributed by atoms with Crippen LogP contribution in [0, 0.1) is 5.41 Å². The number of nitrogens with one attached hydrogen (secondary N) is 1. The van der Waals surface area contributed by atoms with Crippen LogP contribution in [-0.4, -0.2) is 53.7 Å². The van der Waals surface area contributed by atoms with E-state index in [9.17, 15) is 19.5 Å². The molecule has 0 aliphatic heterocycles. The van der Waals surface area contributed by atoms with Crippen molar-refractivity contribution in [2.24, 2.45) is 5.41 Å². The normalized spacial score (nSPS) is 16.0. The van der Waals surface area contributed by atoms with Crippen LogP contribution >= 0.6 is 0 Å². The first-order valence-electron chi connectivity index (χ1n) is 7.26. The molecular weight excluding hydrogens is 276 g/mol. The lowest BCUT2D eigenvalue weighted by molar-refractivity contribution is -0.154. The van der Waals surface area contributed by atoms with Gasteiger partial charge in [-0.2, -0.15) is 0 Å². The highest BCUT2D eigenvalue weighted by Crippen LogP contribution is 2.40. The number of ether oxygens (including phenoxy) is 1. The maximum absolute atomic E-state index is 12.1. The molecule has 1 saturated carbocycles. The number of carboxylic acid groups (broad SMARTS) is 1. The van der Waals surface area contributed by atoms with Crippen LogP contribution in [-0.2, 0) is 14.3 Å². The Labute approximate surface area is 124 Å². The topological polar surface area (TPSA) is 95.9 Å². The standard InChI is InChI=1S/C14H24N2O5/c1-4-21-11(17)8-16(10(2)3)13(20)15-9-14(12(18)19)6-5-7-14/h10H,4-9H2,1-3H3,(H,15,20)(H,18,19). The van der Waals surface area contributed by atoms with Gasteiger partial charge in [0.25, 0.3) is 0 Å². The second kappa shape index (κ2) is 7.28. The van der Waals surface area contributed by atoms with Gasteiger partial charge in [0, 0.05) is 12.6 Å². The predicted octanol–water partition coefficient (Wildman–Crippen LogP) is 1.22. The number of carbonyl (C=O) groups is 3. The Morgan fingerprint density at radius 2 is 1.95 bits per heavy atom. The number of carboxylic acids is 1. The van der Waals surface area contributed by atoms with E-state index in [1.165, 1.54) is 4.90 Å². The molecule has 1 aliphatic rings. The fourth-order valence-electron chi connectivity index (χ4n) is 2.25. The molecule has 2 amide bonds. The first-order valence-corrected chi connectivity index (χ1v) is 7.26. The highest BCUT2D eigenvalue weighted by molar-refractivity contribution is 5.82. The van der Waals surface area contributed by atoms with Crippen molar-refractivity contribution in [2.45, 2.75) is 46.1 Å². The molecule has 0 aromatic heterocycles. The number of rotatable bonds is 7. The van der Waals surface area contributed by atoms with Gasteiger partial charge in [0.05, 0.1) is 12.0 Å². The van der Waals surface area contributed by atoms with Gasteiger partial charge in [-0.1, -0.05) is 6.42 Å². The van der Waals surface area contributed by atoms with Crippen LogP contribution in [0.5, 0.6) is 0 Å². The average Bonchev–Trinajstić information content (AvgIpc) is 2.33. The molecule has 0 unspecified atom stereocenters. The van der Waals surface area contributed by atoms with Crippen LogP contribution in [0.25, 0.3) is 0 Å². The summed E-state index contributed by atoms with van der Waals surface area (Å²) in [5.41, 5.74) is -0.845. The zero-order chi connectivity index (χ0) is 16.0. The van der Waals surface area contributed by atoms with Crippen molar-refractivity contribution < 1.29 is 24.2 Å². The molecule has 0 atom stereocenters. The van der Waals surface area contributed by atoms with E-state index in [2.05, 4.69) is 5.32 Å². The minimum atomic E-state index is -0.879. The van der Waals surface area contributed by atoms with E-state index in [-0.39, 0.29) is 25.7 Å². The van der Waals surface area contributed by atoms with Gasteiger partial charge in [0.1, 0.15) is 6.54 Å². The number of nitrogens with zero attached hydrogens (tertiary/aromatic N) is 1. The Bertz CT molecular complexity index is 404. The molecule has 0 saturated heterocycles. The van der Waals surface area contributed by atoms with Crippen LogP contribution < -0.4 is 5.32 Å². The van der Waals surface area contributed by atoms with Crippen molar-refractivity contribution in [1.82, 2.24) is 10.2 Å². The molecular formula is C14H24N2O5. The molecule has 7 nitrogen and oxygen atoms in total. The lowest BCUT2D eigenvalue weighted by Gasteiger charge is -2.38. The molecule has 1 rings (SSSR count). The minimum absolute atomic E-state index is 0.0905. The summed E-state index contributed by atoms with van der Waals surface area (Å²) in [5.74, 6) is -1.35. The quantitative estimate of drug-likeness (QED) is 0.689. The molecule has 120 valence electrons. The smallest absolute Gasteiger partial charge is 0.325 e. The van der Waals surface area contributed by atoms with Crippen molar-refractivity contribution in [3.05, 3.63) is 0 Å². The van der Waals surface area contributed by atoms with E-state index >= 15 is 0 Å². The maximum Gasteiger partial charge on any atom is 0.325 e. The number of carbonyl (C=O) groups excluding carboxylic acids is 2. The molecule has 21 heavy (non-hydrogen) atoms. The Balaban J connectivity index is 2.57. The van der Waals surface area contributed by atoms with Crippen molar-refractivity contribution in [3.8, 4) is 0 Å². The summed E-state index contributed by atoms with van der Waals surface area (Å²) in [6, 6.07) is -0.623. The van der Waals surface area contributed by atoms with Crippen LogP contribution in [0.3, 0.4) is 0 Å². The van der Waals surface area contributed by atoms with E-state index in [4.69, 9.17) is 4.74 Å². The van der Waals surface area contributed by atoms with Gasteiger partial charge in [0.15, 0.2) is 0 Å². The average molecular weight is 300 g/mol. The fraction of sp³-hybridized carbons (Fsp3) is 0.786. The van der Waals surface area contributed by atoms with Crippen molar-refractivity contribution in [2.75, 3.05) is 19.7 Å². The van der Waals surface area contributed by atoms with E-state index in [0.29, 0.717) is 12.8 Å². The van der Waals surface area contributed by atoms with Crippen molar-refractivity contribution >= 4 is 18.0 Å². The Hall–Kier alpha value is -1.79. The monoisotopic (exact) mass is 300 g/mol. The summed E-state index contributed by atoms with van der Waals surface area (Å²) in [6.07, 6.45) is 2.00. The van der Waals surface area contributed by atoms with Gasteiger partial charge in [-0.25, -0.2) is 4.79 Å². The highest BCUT2D eigenvalue weighted by atomic mass is 16.5. The second-order valence-corrected chi connectivity index (χ2v) is 5.62. The molecule has 0 radical (unpaired) electrons. The van der Waals surface area contributed by atoms with E-state index in [0.717, 1.165) is 6.42 Å². The number of aliphatic carboxylic acids is 1. The van der Waals surface area contributed by atoms with E-state index in [1.54, 1.807) is 20.8 Å². The van der Waals surface area contributed by atoms with Crippen LogP contribution in [0.4, 0.5) is 4.79 Å². The third-order valence-corrected chi connectivity index (χ3v) is 3.83. The summed E-state index contributed by atoms with van der Waals surface area (Å²) in [7, 11) is 0. The molecule has 7 heteroatoms. The number of amides is 2. The Kier molecular flexibility index (Phi) is 5.99. The zero-order valence-electron chi connectivity index (χ0n) is 12.8. The number of hydrogen-bond donors (Lipinski definition) is 2. The molecule has 0 bridgehead atoms. The van der Waals surface area contributed by atoms with Gasteiger partial charge in [-0.15, -0.1) is 0 Å².